The Morgan fingerprint density at radius 2 is 1.95 bits per heavy atom. The lowest BCUT2D eigenvalue weighted by molar-refractivity contribution is 0.00710. The second-order valence-corrected chi connectivity index (χ2v) is 8.77. The molecule has 0 aromatic carbocycles. The van der Waals surface area contributed by atoms with Gasteiger partial charge in [-0.25, -0.2) is 4.79 Å². The Kier molecular flexibility index (Phi) is 6.68. The molecule has 128 valence electrons. The summed E-state index contributed by atoms with van der Waals surface area (Å²) in [6.07, 6.45) is 8.56. The van der Waals surface area contributed by atoms with Crippen molar-refractivity contribution in [2.24, 2.45) is 0 Å². The van der Waals surface area contributed by atoms with E-state index in [0.29, 0.717) is 12.3 Å². The van der Waals surface area contributed by atoms with Gasteiger partial charge in [-0.15, -0.1) is 0 Å². The van der Waals surface area contributed by atoms with Crippen molar-refractivity contribution >= 4 is 16.8 Å². The highest BCUT2D eigenvalue weighted by atomic mass is 32.2. The second kappa shape index (κ2) is 8.29. The van der Waals surface area contributed by atoms with Gasteiger partial charge >= 0.3 is 6.03 Å². The third kappa shape index (κ3) is 5.23. The van der Waals surface area contributed by atoms with Crippen molar-refractivity contribution in [3.8, 4) is 0 Å². The molecule has 2 fully saturated rings. The standard InChI is InChI=1S/C16H30N2O3S/c1-2-22(21)14-8-6-7-13(11-14)18-15(19)17-12-16(20)9-4-3-5-10-16/h13-14,20H,2-12H2,1H3,(H2,17,18,19). The Morgan fingerprint density at radius 1 is 1.23 bits per heavy atom. The lowest BCUT2D eigenvalue weighted by Gasteiger charge is -2.33. The van der Waals surface area contributed by atoms with Crippen molar-refractivity contribution in [2.75, 3.05) is 12.3 Å². The Bertz CT molecular complexity index is 397. The van der Waals surface area contributed by atoms with Crippen molar-refractivity contribution in [1.29, 1.82) is 0 Å². The van der Waals surface area contributed by atoms with E-state index < -0.39 is 16.4 Å². The molecule has 3 N–H and O–H groups in total. The average molecular weight is 330 g/mol. The molecule has 2 saturated carbocycles. The summed E-state index contributed by atoms with van der Waals surface area (Å²) < 4.78 is 11.9. The number of amides is 2. The Hall–Kier alpha value is -0.620. The molecule has 2 rings (SSSR count). The normalized spacial score (nSPS) is 29.5. The largest absolute Gasteiger partial charge is 0.388 e. The maximum absolute atomic E-state index is 12.0. The fourth-order valence-electron chi connectivity index (χ4n) is 3.62. The van der Waals surface area contributed by atoms with Crippen LogP contribution in [0.15, 0.2) is 0 Å². The predicted molar refractivity (Wildman–Crippen MR) is 89.3 cm³/mol. The summed E-state index contributed by atoms with van der Waals surface area (Å²) >= 11 is 0. The first-order valence-electron chi connectivity index (χ1n) is 8.66. The third-order valence-electron chi connectivity index (χ3n) is 4.98. The van der Waals surface area contributed by atoms with Crippen molar-refractivity contribution in [3.63, 3.8) is 0 Å². The van der Waals surface area contributed by atoms with Crippen LogP contribution in [-0.4, -0.2) is 44.5 Å². The van der Waals surface area contributed by atoms with Crippen molar-refractivity contribution < 1.29 is 14.1 Å². The molecule has 2 amide bonds. The van der Waals surface area contributed by atoms with Crippen LogP contribution in [0.2, 0.25) is 0 Å². The zero-order valence-electron chi connectivity index (χ0n) is 13.6. The molecular formula is C16H30N2O3S. The van der Waals surface area contributed by atoms with Crippen LogP contribution in [0, 0.1) is 0 Å². The molecular weight excluding hydrogens is 300 g/mol. The van der Waals surface area contributed by atoms with Crippen LogP contribution in [0.1, 0.15) is 64.7 Å². The number of carbonyl (C=O) groups is 1. The van der Waals surface area contributed by atoms with Gasteiger partial charge in [0.15, 0.2) is 0 Å². The van der Waals surface area contributed by atoms with Crippen LogP contribution in [0.25, 0.3) is 0 Å². The summed E-state index contributed by atoms with van der Waals surface area (Å²) in [5, 5.41) is 16.4. The lowest BCUT2D eigenvalue weighted by Crippen LogP contribution is -2.50. The number of urea groups is 1. The zero-order valence-corrected chi connectivity index (χ0v) is 14.4. The molecule has 0 heterocycles. The van der Waals surface area contributed by atoms with Crippen molar-refractivity contribution in [3.05, 3.63) is 0 Å². The average Bonchev–Trinajstić information content (AvgIpc) is 2.53. The lowest BCUT2D eigenvalue weighted by atomic mass is 9.85. The van der Waals surface area contributed by atoms with Crippen LogP contribution in [-0.2, 0) is 10.8 Å². The molecule has 0 radical (unpaired) electrons. The Labute approximate surface area is 136 Å². The molecule has 0 bridgehead atoms. The van der Waals surface area contributed by atoms with Crippen LogP contribution >= 0.6 is 0 Å². The number of carbonyl (C=O) groups excluding carboxylic acids is 1. The van der Waals surface area contributed by atoms with E-state index in [9.17, 15) is 14.1 Å². The van der Waals surface area contributed by atoms with Gasteiger partial charge in [-0.3, -0.25) is 4.21 Å². The summed E-state index contributed by atoms with van der Waals surface area (Å²) in [5.41, 5.74) is -0.728. The summed E-state index contributed by atoms with van der Waals surface area (Å²) in [5.74, 6) is 0.691. The maximum Gasteiger partial charge on any atom is 0.315 e. The smallest absolute Gasteiger partial charge is 0.315 e. The van der Waals surface area contributed by atoms with Crippen molar-refractivity contribution in [2.45, 2.75) is 81.6 Å². The SMILES string of the molecule is CCS(=O)C1CCCC(NC(=O)NCC2(O)CCCCC2)C1. The summed E-state index contributed by atoms with van der Waals surface area (Å²) in [7, 11) is -0.775. The number of hydrogen-bond donors (Lipinski definition) is 3. The minimum atomic E-state index is -0.775. The van der Waals surface area contributed by atoms with Crippen molar-refractivity contribution in [1.82, 2.24) is 10.6 Å². The molecule has 0 aromatic heterocycles. The van der Waals surface area contributed by atoms with E-state index in [2.05, 4.69) is 10.6 Å². The molecule has 22 heavy (non-hydrogen) atoms. The van der Waals surface area contributed by atoms with Gasteiger partial charge in [0.25, 0.3) is 0 Å². The summed E-state index contributed by atoms with van der Waals surface area (Å²) in [6.45, 7) is 2.28. The van der Waals surface area contributed by atoms with Gasteiger partial charge in [0.05, 0.1) is 5.60 Å². The number of hydrogen-bond acceptors (Lipinski definition) is 3. The highest BCUT2D eigenvalue weighted by Crippen LogP contribution is 2.27. The third-order valence-corrected chi connectivity index (χ3v) is 6.72. The molecule has 3 atom stereocenters. The molecule has 2 aliphatic carbocycles. The van der Waals surface area contributed by atoms with Crippen LogP contribution in [0.3, 0.4) is 0 Å². The van der Waals surface area contributed by atoms with Gasteiger partial charge in [0.1, 0.15) is 0 Å². The van der Waals surface area contributed by atoms with Crippen LogP contribution in [0.5, 0.6) is 0 Å². The Balaban J connectivity index is 1.73. The van der Waals surface area contributed by atoms with E-state index in [0.717, 1.165) is 51.4 Å². The first kappa shape index (κ1) is 17.7. The number of nitrogens with one attached hydrogen (secondary N) is 2. The van der Waals surface area contributed by atoms with Gasteiger partial charge in [0.2, 0.25) is 0 Å². The molecule has 5 nitrogen and oxygen atoms in total. The van der Waals surface area contributed by atoms with Gasteiger partial charge in [0, 0.05) is 34.4 Å². The van der Waals surface area contributed by atoms with E-state index in [1.54, 1.807) is 0 Å². The maximum atomic E-state index is 12.0. The van der Waals surface area contributed by atoms with E-state index in [-0.39, 0.29) is 17.3 Å². The number of aliphatic hydroxyl groups is 1. The minimum absolute atomic E-state index is 0.107. The molecule has 6 heteroatoms. The monoisotopic (exact) mass is 330 g/mol. The van der Waals surface area contributed by atoms with E-state index in [1.165, 1.54) is 6.42 Å². The summed E-state index contributed by atoms with van der Waals surface area (Å²) in [6, 6.07) is -0.0952. The predicted octanol–water partition coefficient (Wildman–Crippen LogP) is 2.06. The first-order chi connectivity index (χ1) is 10.5. The van der Waals surface area contributed by atoms with Crippen LogP contribution in [0.4, 0.5) is 4.79 Å². The van der Waals surface area contributed by atoms with Gasteiger partial charge in [-0.05, 0) is 32.1 Å². The first-order valence-corrected chi connectivity index (χ1v) is 10.0. The zero-order chi connectivity index (χ0) is 16.0. The molecule has 0 aliphatic heterocycles. The Morgan fingerprint density at radius 3 is 2.64 bits per heavy atom. The van der Waals surface area contributed by atoms with E-state index in [4.69, 9.17) is 0 Å². The van der Waals surface area contributed by atoms with Gasteiger partial charge in [-0.1, -0.05) is 32.6 Å². The molecule has 0 spiro atoms. The van der Waals surface area contributed by atoms with Crippen LogP contribution < -0.4 is 10.6 Å². The summed E-state index contributed by atoms with van der Waals surface area (Å²) in [4.78, 5) is 12.0. The fourth-order valence-corrected chi connectivity index (χ4v) is 4.97. The minimum Gasteiger partial charge on any atom is -0.388 e. The molecule has 0 saturated heterocycles. The highest BCUT2D eigenvalue weighted by molar-refractivity contribution is 7.85. The fraction of sp³-hybridized carbons (Fsp3) is 0.938. The topological polar surface area (TPSA) is 78.4 Å². The molecule has 3 unspecified atom stereocenters. The second-order valence-electron chi connectivity index (χ2n) is 6.77. The van der Waals surface area contributed by atoms with E-state index in [1.807, 2.05) is 6.92 Å². The quantitative estimate of drug-likeness (QED) is 0.722. The molecule has 0 aromatic rings. The highest BCUT2D eigenvalue weighted by Gasteiger charge is 2.30. The van der Waals surface area contributed by atoms with Gasteiger partial charge in [-0.2, -0.15) is 0 Å². The number of rotatable bonds is 5. The van der Waals surface area contributed by atoms with E-state index >= 15 is 0 Å². The van der Waals surface area contributed by atoms with Gasteiger partial charge < -0.3 is 15.7 Å². The molecule has 2 aliphatic rings.